The van der Waals surface area contributed by atoms with Crippen molar-refractivity contribution in [3.8, 4) is 5.75 Å². The van der Waals surface area contributed by atoms with Crippen molar-refractivity contribution < 1.29 is 14.5 Å². The zero-order chi connectivity index (χ0) is 20.1. The molecule has 1 saturated heterocycles. The Hall–Kier alpha value is -2.84. The second-order valence-electron chi connectivity index (χ2n) is 6.43. The molecule has 0 radical (unpaired) electrons. The molecule has 0 aromatic heterocycles. The van der Waals surface area contributed by atoms with Crippen LogP contribution in [0.15, 0.2) is 42.5 Å². The van der Waals surface area contributed by atoms with Crippen LogP contribution in [0.25, 0.3) is 0 Å². The van der Waals surface area contributed by atoms with Crippen LogP contribution in [-0.2, 0) is 4.79 Å². The molecule has 148 valence electrons. The zero-order valence-electron chi connectivity index (χ0n) is 15.4. The molecule has 9 heteroatoms. The number of carbonyl (C=O) groups is 1. The Morgan fingerprint density at radius 3 is 2.61 bits per heavy atom. The van der Waals surface area contributed by atoms with Gasteiger partial charge in [0.25, 0.3) is 5.69 Å². The molecular weight excluding hydrogens is 384 g/mol. The Kier molecular flexibility index (Phi) is 6.33. The normalized spacial score (nSPS) is 14.6. The van der Waals surface area contributed by atoms with Gasteiger partial charge in [0.1, 0.15) is 5.75 Å². The second kappa shape index (κ2) is 8.90. The van der Waals surface area contributed by atoms with Crippen LogP contribution in [0.1, 0.15) is 0 Å². The molecule has 0 atom stereocenters. The zero-order valence-corrected chi connectivity index (χ0v) is 16.2. The number of nitrogens with zero attached hydrogens (tertiary/aromatic N) is 3. The lowest BCUT2D eigenvalue weighted by Crippen LogP contribution is -2.48. The van der Waals surface area contributed by atoms with Gasteiger partial charge in [0.05, 0.1) is 29.3 Å². The lowest BCUT2D eigenvalue weighted by Gasteiger charge is -2.35. The Morgan fingerprint density at radius 2 is 1.96 bits per heavy atom. The number of nitrogens with one attached hydrogen (secondary N) is 1. The number of methoxy groups -OCH3 is 1. The van der Waals surface area contributed by atoms with Gasteiger partial charge in [-0.3, -0.25) is 19.8 Å². The fourth-order valence-corrected chi connectivity index (χ4v) is 3.31. The highest BCUT2D eigenvalue weighted by Crippen LogP contribution is 2.26. The van der Waals surface area contributed by atoms with Gasteiger partial charge >= 0.3 is 0 Å². The Labute approximate surface area is 167 Å². The molecule has 1 N–H and O–H groups in total. The highest BCUT2D eigenvalue weighted by atomic mass is 35.5. The van der Waals surface area contributed by atoms with Gasteiger partial charge in [-0.15, -0.1) is 0 Å². The molecule has 0 saturated carbocycles. The van der Waals surface area contributed by atoms with E-state index in [1.165, 1.54) is 18.2 Å². The van der Waals surface area contributed by atoms with Crippen LogP contribution in [0.3, 0.4) is 0 Å². The van der Waals surface area contributed by atoms with Crippen molar-refractivity contribution in [3.05, 3.63) is 57.6 Å². The first-order valence-electron chi connectivity index (χ1n) is 8.81. The number of anilines is 2. The summed E-state index contributed by atoms with van der Waals surface area (Å²) in [4.78, 5) is 26.9. The second-order valence-corrected chi connectivity index (χ2v) is 6.84. The summed E-state index contributed by atoms with van der Waals surface area (Å²) in [5, 5.41) is 13.6. The molecule has 8 nitrogen and oxygen atoms in total. The SMILES string of the molecule is COc1cccc(N2CCN(CC(=O)Nc3ccc([N+](=O)[O-])cc3Cl)CC2)c1. The van der Waals surface area contributed by atoms with Crippen LogP contribution >= 0.6 is 11.6 Å². The van der Waals surface area contributed by atoms with Gasteiger partial charge in [-0.2, -0.15) is 0 Å². The van der Waals surface area contributed by atoms with Gasteiger partial charge in [-0.1, -0.05) is 17.7 Å². The minimum absolute atomic E-state index is 0.114. The average Bonchev–Trinajstić information content (AvgIpc) is 2.70. The largest absolute Gasteiger partial charge is 0.497 e. The predicted molar refractivity (Wildman–Crippen MR) is 108 cm³/mol. The number of carbonyl (C=O) groups excluding carboxylic acids is 1. The summed E-state index contributed by atoms with van der Waals surface area (Å²) in [5.41, 5.74) is 1.35. The number of piperazine rings is 1. The van der Waals surface area contributed by atoms with Crippen molar-refractivity contribution in [1.82, 2.24) is 4.90 Å². The molecule has 0 spiro atoms. The Balaban J connectivity index is 1.52. The molecule has 0 bridgehead atoms. The Bertz CT molecular complexity index is 869. The number of ether oxygens (including phenoxy) is 1. The number of nitro benzene ring substituents is 1. The molecule has 28 heavy (non-hydrogen) atoms. The lowest BCUT2D eigenvalue weighted by atomic mass is 10.2. The summed E-state index contributed by atoms with van der Waals surface area (Å²) in [6.07, 6.45) is 0. The van der Waals surface area contributed by atoms with E-state index in [2.05, 4.69) is 15.1 Å². The monoisotopic (exact) mass is 404 g/mol. The quantitative estimate of drug-likeness (QED) is 0.588. The molecule has 1 aliphatic rings. The number of benzene rings is 2. The number of hydrogen-bond donors (Lipinski definition) is 1. The van der Waals surface area contributed by atoms with Crippen LogP contribution in [0.4, 0.5) is 17.1 Å². The first kappa shape index (κ1) is 19.9. The lowest BCUT2D eigenvalue weighted by molar-refractivity contribution is -0.384. The van der Waals surface area contributed by atoms with Crippen molar-refractivity contribution in [3.63, 3.8) is 0 Å². The van der Waals surface area contributed by atoms with Crippen LogP contribution in [0.2, 0.25) is 5.02 Å². The molecule has 2 aromatic carbocycles. The highest BCUT2D eigenvalue weighted by molar-refractivity contribution is 6.34. The fraction of sp³-hybridized carbons (Fsp3) is 0.316. The van der Waals surface area contributed by atoms with Gasteiger partial charge in [-0.25, -0.2) is 0 Å². The van der Waals surface area contributed by atoms with E-state index in [0.717, 1.165) is 37.6 Å². The van der Waals surface area contributed by atoms with E-state index in [0.29, 0.717) is 5.69 Å². The van der Waals surface area contributed by atoms with E-state index < -0.39 is 4.92 Å². The summed E-state index contributed by atoms with van der Waals surface area (Å²) in [6.45, 7) is 3.34. The van der Waals surface area contributed by atoms with E-state index in [1.54, 1.807) is 7.11 Å². The van der Waals surface area contributed by atoms with E-state index >= 15 is 0 Å². The first-order chi connectivity index (χ1) is 13.5. The number of amides is 1. The average molecular weight is 405 g/mol. The van der Waals surface area contributed by atoms with Crippen LogP contribution in [0.5, 0.6) is 5.75 Å². The standard InChI is InChI=1S/C19H21ClN4O4/c1-28-16-4-2-3-14(11-16)23-9-7-22(8-10-23)13-19(25)21-18-6-5-15(24(26)27)12-17(18)20/h2-6,11-12H,7-10,13H2,1H3,(H,21,25). The molecule has 1 amide bonds. The molecule has 0 aliphatic carbocycles. The predicted octanol–water partition coefficient (Wildman–Crippen LogP) is 3.02. The molecule has 2 aromatic rings. The summed E-state index contributed by atoms with van der Waals surface area (Å²) >= 11 is 6.02. The summed E-state index contributed by atoms with van der Waals surface area (Å²) in [7, 11) is 1.65. The summed E-state index contributed by atoms with van der Waals surface area (Å²) in [5.74, 6) is 0.616. The number of rotatable bonds is 6. The Morgan fingerprint density at radius 1 is 1.21 bits per heavy atom. The molecule has 1 fully saturated rings. The maximum atomic E-state index is 12.3. The van der Waals surface area contributed by atoms with Gasteiger partial charge in [0.15, 0.2) is 0 Å². The third kappa shape index (κ3) is 4.90. The minimum Gasteiger partial charge on any atom is -0.497 e. The molecule has 3 rings (SSSR count). The third-order valence-corrected chi connectivity index (χ3v) is 4.91. The van der Waals surface area contributed by atoms with E-state index in [9.17, 15) is 14.9 Å². The molecule has 1 aliphatic heterocycles. The number of non-ortho nitro benzene ring substituents is 1. The third-order valence-electron chi connectivity index (χ3n) is 4.60. The van der Waals surface area contributed by atoms with Crippen LogP contribution in [0, 0.1) is 10.1 Å². The topological polar surface area (TPSA) is 88.0 Å². The van der Waals surface area contributed by atoms with E-state index in [-0.39, 0.29) is 23.2 Å². The van der Waals surface area contributed by atoms with Gasteiger partial charge in [0, 0.05) is 50.1 Å². The van der Waals surface area contributed by atoms with Gasteiger partial charge in [-0.05, 0) is 18.2 Å². The van der Waals surface area contributed by atoms with Crippen LogP contribution in [-0.4, -0.2) is 55.6 Å². The smallest absolute Gasteiger partial charge is 0.271 e. The molecule has 0 unspecified atom stereocenters. The summed E-state index contributed by atoms with van der Waals surface area (Å²) in [6, 6.07) is 11.9. The maximum absolute atomic E-state index is 12.3. The van der Waals surface area contributed by atoms with Crippen molar-refractivity contribution in [2.45, 2.75) is 0 Å². The minimum atomic E-state index is -0.528. The number of halogens is 1. The van der Waals surface area contributed by atoms with Gasteiger partial charge < -0.3 is 15.0 Å². The summed E-state index contributed by atoms with van der Waals surface area (Å²) < 4.78 is 5.27. The maximum Gasteiger partial charge on any atom is 0.271 e. The number of hydrogen-bond acceptors (Lipinski definition) is 6. The van der Waals surface area contributed by atoms with Crippen molar-refractivity contribution in [1.29, 1.82) is 0 Å². The van der Waals surface area contributed by atoms with Crippen molar-refractivity contribution >= 4 is 34.6 Å². The van der Waals surface area contributed by atoms with Crippen molar-refractivity contribution in [2.24, 2.45) is 0 Å². The molecular formula is C19H21ClN4O4. The fourth-order valence-electron chi connectivity index (χ4n) is 3.08. The van der Waals surface area contributed by atoms with Gasteiger partial charge in [0.2, 0.25) is 5.91 Å². The first-order valence-corrected chi connectivity index (χ1v) is 9.19. The highest BCUT2D eigenvalue weighted by Gasteiger charge is 2.20. The van der Waals surface area contributed by atoms with E-state index in [1.807, 2.05) is 24.3 Å². The van der Waals surface area contributed by atoms with Crippen molar-refractivity contribution in [2.75, 3.05) is 50.1 Å². The van der Waals surface area contributed by atoms with Crippen LogP contribution < -0.4 is 15.0 Å². The van der Waals surface area contributed by atoms with E-state index in [4.69, 9.17) is 16.3 Å². The molecule has 1 heterocycles. The number of nitro groups is 1.